The van der Waals surface area contributed by atoms with Crippen LogP contribution in [0.4, 0.5) is 0 Å². The Kier molecular flexibility index (Phi) is 2.65. The fourth-order valence-electron chi connectivity index (χ4n) is 0.887. The van der Waals surface area contributed by atoms with E-state index in [2.05, 4.69) is 4.98 Å². The summed E-state index contributed by atoms with van der Waals surface area (Å²) in [6.07, 6.45) is 1.80. The number of H-pyrrole nitrogens is 1. The van der Waals surface area contributed by atoms with Crippen LogP contribution in [0.25, 0.3) is 0 Å². The van der Waals surface area contributed by atoms with E-state index in [1.54, 1.807) is 0 Å². The van der Waals surface area contributed by atoms with E-state index in [1.807, 2.05) is 0 Å². The molecule has 0 aliphatic rings. The summed E-state index contributed by atoms with van der Waals surface area (Å²) in [6.45, 7) is 1.49. The van der Waals surface area contributed by atoms with Crippen molar-refractivity contribution in [3.05, 3.63) is 33.2 Å². The van der Waals surface area contributed by atoms with Gasteiger partial charge in [0.1, 0.15) is 10.8 Å². The fraction of sp³-hybridized carbons (Fsp3) is 0.250. The molecule has 0 spiro atoms. The van der Waals surface area contributed by atoms with Crippen molar-refractivity contribution in [1.29, 1.82) is 0 Å². The summed E-state index contributed by atoms with van der Waals surface area (Å²) in [4.78, 5) is 23.9. The molecule has 1 aromatic rings. The van der Waals surface area contributed by atoms with Gasteiger partial charge < -0.3 is 4.98 Å². The van der Waals surface area contributed by atoms with Crippen LogP contribution in [-0.2, 0) is 11.2 Å². The first kappa shape index (κ1) is 9.00. The molecule has 3 nitrogen and oxygen atoms in total. The number of rotatable bonds is 2. The highest BCUT2D eigenvalue weighted by Crippen LogP contribution is 2.04. The van der Waals surface area contributed by atoms with Crippen LogP contribution >= 0.6 is 11.6 Å². The molecule has 0 fully saturated rings. The summed E-state index contributed by atoms with van der Waals surface area (Å²) in [5.41, 5.74) is 0.399. The molecule has 4 heteroatoms. The lowest BCUT2D eigenvalue weighted by Gasteiger charge is -1.96. The SMILES string of the molecule is CC(=O)Cc1c[nH]c(=O)c(Cl)c1. The molecule has 1 aromatic heterocycles. The molecule has 12 heavy (non-hydrogen) atoms. The Morgan fingerprint density at radius 2 is 2.33 bits per heavy atom. The Labute approximate surface area is 74.4 Å². The van der Waals surface area contributed by atoms with E-state index in [4.69, 9.17) is 11.6 Å². The van der Waals surface area contributed by atoms with E-state index < -0.39 is 0 Å². The first-order valence-electron chi connectivity index (χ1n) is 3.46. The van der Waals surface area contributed by atoms with E-state index in [0.717, 1.165) is 5.56 Å². The maximum absolute atomic E-state index is 10.8. The van der Waals surface area contributed by atoms with Gasteiger partial charge in [0.05, 0.1) is 0 Å². The van der Waals surface area contributed by atoms with Crippen molar-refractivity contribution >= 4 is 17.4 Å². The summed E-state index contributed by atoms with van der Waals surface area (Å²) >= 11 is 5.54. The molecule has 64 valence electrons. The zero-order valence-corrected chi connectivity index (χ0v) is 7.31. The van der Waals surface area contributed by atoms with Gasteiger partial charge in [-0.25, -0.2) is 0 Å². The zero-order valence-electron chi connectivity index (χ0n) is 6.56. The number of hydrogen-bond acceptors (Lipinski definition) is 2. The van der Waals surface area contributed by atoms with Crippen LogP contribution in [0.3, 0.4) is 0 Å². The second-order valence-corrected chi connectivity index (χ2v) is 2.97. The Balaban J connectivity index is 2.97. The van der Waals surface area contributed by atoms with E-state index in [0.29, 0.717) is 6.42 Å². The van der Waals surface area contributed by atoms with Crippen LogP contribution in [0, 0.1) is 0 Å². The maximum Gasteiger partial charge on any atom is 0.266 e. The topological polar surface area (TPSA) is 49.9 Å². The lowest BCUT2D eigenvalue weighted by Crippen LogP contribution is -2.07. The van der Waals surface area contributed by atoms with Crippen molar-refractivity contribution in [3.63, 3.8) is 0 Å². The molecule has 1 rings (SSSR count). The monoisotopic (exact) mass is 185 g/mol. The predicted octanol–water partition coefficient (Wildman–Crippen LogP) is 1.16. The van der Waals surface area contributed by atoms with Gasteiger partial charge in [0.25, 0.3) is 5.56 Å². The number of carbonyl (C=O) groups excluding carboxylic acids is 1. The minimum absolute atomic E-state index is 0.0399. The van der Waals surface area contributed by atoms with E-state index in [9.17, 15) is 9.59 Å². The Bertz CT molecular complexity index is 356. The van der Waals surface area contributed by atoms with Crippen molar-refractivity contribution < 1.29 is 4.79 Å². The van der Waals surface area contributed by atoms with Gasteiger partial charge in [-0.05, 0) is 18.6 Å². The minimum atomic E-state index is -0.330. The molecule has 0 aliphatic carbocycles. The first-order chi connectivity index (χ1) is 5.59. The normalized spacial score (nSPS) is 9.83. The van der Waals surface area contributed by atoms with Crippen molar-refractivity contribution in [2.75, 3.05) is 0 Å². The quantitative estimate of drug-likeness (QED) is 0.752. The van der Waals surface area contributed by atoms with Gasteiger partial charge in [0.2, 0.25) is 0 Å². The summed E-state index contributed by atoms with van der Waals surface area (Å²) in [5, 5.41) is 0.119. The third-order valence-electron chi connectivity index (χ3n) is 1.37. The number of Topliss-reactive ketones (excluding diaryl/α,β-unsaturated/α-hetero) is 1. The summed E-state index contributed by atoms with van der Waals surface area (Å²) in [7, 11) is 0. The Hall–Kier alpha value is -1.09. The molecule has 0 saturated heterocycles. The number of aromatic nitrogens is 1. The number of carbonyl (C=O) groups is 1. The highest BCUT2D eigenvalue weighted by Gasteiger charge is 2.00. The molecular formula is C8H8ClNO2. The first-order valence-corrected chi connectivity index (χ1v) is 3.84. The predicted molar refractivity (Wildman–Crippen MR) is 46.5 cm³/mol. The molecule has 0 atom stereocenters. The maximum atomic E-state index is 10.8. The van der Waals surface area contributed by atoms with E-state index in [1.165, 1.54) is 19.2 Å². The van der Waals surface area contributed by atoms with Crippen molar-refractivity contribution in [2.45, 2.75) is 13.3 Å². The minimum Gasteiger partial charge on any atom is -0.328 e. The zero-order chi connectivity index (χ0) is 9.14. The molecule has 0 aromatic carbocycles. The molecule has 0 saturated carbocycles. The smallest absolute Gasteiger partial charge is 0.266 e. The number of halogens is 1. The van der Waals surface area contributed by atoms with Gasteiger partial charge in [-0.3, -0.25) is 9.59 Å². The lowest BCUT2D eigenvalue weighted by molar-refractivity contribution is -0.116. The number of aromatic amines is 1. The largest absolute Gasteiger partial charge is 0.328 e. The van der Waals surface area contributed by atoms with E-state index in [-0.39, 0.29) is 16.4 Å². The molecule has 0 unspecified atom stereocenters. The lowest BCUT2D eigenvalue weighted by atomic mass is 10.2. The van der Waals surface area contributed by atoms with Crippen LogP contribution in [0.1, 0.15) is 12.5 Å². The third kappa shape index (κ3) is 2.20. The van der Waals surface area contributed by atoms with Crippen molar-refractivity contribution in [2.24, 2.45) is 0 Å². The Morgan fingerprint density at radius 1 is 1.67 bits per heavy atom. The molecular weight excluding hydrogens is 178 g/mol. The molecule has 1 heterocycles. The van der Waals surface area contributed by atoms with E-state index >= 15 is 0 Å². The van der Waals surface area contributed by atoms with Crippen LogP contribution in [0.2, 0.25) is 5.02 Å². The molecule has 0 radical (unpaired) electrons. The fourth-order valence-corrected chi connectivity index (χ4v) is 1.08. The number of pyridine rings is 1. The van der Waals surface area contributed by atoms with Gasteiger partial charge in [-0.2, -0.15) is 0 Å². The Morgan fingerprint density at radius 3 is 2.83 bits per heavy atom. The van der Waals surface area contributed by atoms with Gasteiger partial charge in [0.15, 0.2) is 0 Å². The summed E-state index contributed by atoms with van der Waals surface area (Å²) in [6, 6.07) is 1.50. The van der Waals surface area contributed by atoms with Gasteiger partial charge in [0, 0.05) is 12.6 Å². The summed E-state index contributed by atoms with van der Waals surface area (Å²) < 4.78 is 0. The van der Waals surface area contributed by atoms with Gasteiger partial charge >= 0.3 is 0 Å². The number of nitrogens with one attached hydrogen (secondary N) is 1. The molecule has 1 N–H and O–H groups in total. The van der Waals surface area contributed by atoms with Crippen LogP contribution in [-0.4, -0.2) is 10.8 Å². The van der Waals surface area contributed by atoms with Gasteiger partial charge in [-0.1, -0.05) is 11.6 Å². The second-order valence-electron chi connectivity index (χ2n) is 2.56. The molecule has 0 amide bonds. The summed E-state index contributed by atoms with van der Waals surface area (Å²) in [5.74, 6) is 0.0399. The van der Waals surface area contributed by atoms with Gasteiger partial charge in [-0.15, -0.1) is 0 Å². The van der Waals surface area contributed by atoms with Crippen molar-refractivity contribution in [1.82, 2.24) is 4.98 Å². The second kappa shape index (κ2) is 3.54. The number of hydrogen-bond donors (Lipinski definition) is 1. The third-order valence-corrected chi connectivity index (χ3v) is 1.65. The van der Waals surface area contributed by atoms with Crippen molar-refractivity contribution in [3.8, 4) is 0 Å². The van der Waals surface area contributed by atoms with Crippen LogP contribution < -0.4 is 5.56 Å². The molecule has 0 bridgehead atoms. The highest BCUT2D eigenvalue weighted by molar-refractivity contribution is 6.30. The molecule has 0 aliphatic heterocycles. The van der Waals surface area contributed by atoms with Crippen LogP contribution in [0.15, 0.2) is 17.1 Å². The highest BCUT2D eigenvalue weighted by atomic mass is 35.5. The average molecular weight is 186 g/mol. The standard InChI is InChI=1S/C8H8ClNO2/c1-5(11)2-6-3-7(9)8(12)10-4-6/h3-4H,2H2,1H3,(H,10,12). The van der Waals surface area contributed by atoms with Crippen LogP contribution in [0.5, 0.6) is 0 Å². The number of ketones is 1. The average Bonchev–Trinajstić information content (AvgIpc) is 1.96.